The molecule has 1 aliphatic rings. The van der Waals surface area contributed by atoms with Crippen LogP contribution in [0.25, 0.3) is 55.3 Å². The van der Waals surface area contributed by atoms with E-state index in [9.17, 15) is 0 Å². The molecule has 238 valence electrons. The second-order valence-corrected chi connectivity index (χ2v) is 13.8. The fourth-order valence-corrected chi connectivity index (χ4v) is 8.03. The summed E-state index contributed by atoms with van der Waals surface area (Å²) < 4.78 is 0. The first-order valence-electron chi connectivity index (χ1n) is 17.4. The van der Waals surface area contributed by atoms with Gasteiger partial charge in [-0.25, -0.2) is 0 Å². The number of anilines is 3. The van der Waals surface area contributed by atoms with Crippen molar-refractivity contribution in [3.8, 4) is 44.5 Å². The average molecular weight is 640 g/mol. The molecule has 1 aliphatic carbocycles. The van der Waals surface area contributed by atoms with Crippen LogP contribution < -0.4 is 4.90 Å². The summed E-state index contributed by atoms with van der Waals surface area (Å²) in [7, 11) is 0. The Bertz CT molecular complexity index is 2480. The van der Waals surface area contributed by atoms with E-state index >= 15 is 0 Å². The molecule has 50 heavy (non-hydrogen) atoms. The van der Waals surface area contributed by atoms with Crippen LogP contribution in [0.5, 0.6) is 0 Å². The Kier molecular flexibility index (Phi) is 7.21. The fourth-order valence-electron chi connectivity index (χ4n) is 8.03. The molecule has 0 N–H and O–H groups in total. The van der Waals surface area contributed by atoms with Crippen LogP contribution in [0, 0.1) is 0 Å². The van der Waals surface area contributed by atoms with Gasteiger partial charge in [-0.05, 0) is 115 Å². The molecule has 0 saturated carbocycles. The molecule has 0 bridgehead atoms. The van der Waals surface area contributed by atoms with Gasteiger partial charge in [0.2, 0.25) is 0 Å². The number of nitrogens with zero attached hydrogens (tertiary/aromatic N) is 1. The number of hydrogen-bond donors (Lipinski definition) is 0. The maximum absolute atomic E-state index is 2.42. The summed E-state index contributed by atoms with van der Waals surface area (Å²) in [5.74, 6) is 0. The molecule has 0 saturated heterocycles. The lowest BCUT2D eigenvalue weighted by Crippen LogP contribution is -2.17. The zero-order chi connectivity index (χ0) is 33.7. The van der Waals surface area contributed by atoms with Crippen LogP contribution in [-0.2, 0) is 5.41 Å². The smallest absolute Gasteiger partial charge is 0.0465 e. The molecular formula is C49H37N. The first kappa shape index (κ1) is 29.9. The molecular weight excluding hydrogens is 603 g/mol. The molecule has 0 aliphatic heterocycles. The SMILES string of the molecule is CC1(C)c2cc(N(c3ccccc3)c3ccc(-c4cc(-c5ccccc5)c5ccccc5c4)cc3)ccc2-c2cccc(-c3ccccc3)c21. The Labute approximate surface area is 294 Å². The summed E-state index contributed by atoms with van der Waals surface area (Å²) in [6, 6.07) is 68.5. The van der Waals surface area contributed by atoms with Gasteiger partial charge in [-0.15, -0.1) is 0 Å². The summed E-state index contributed by atoms with van der Waals surface area (Å²) in [5.41, 5.74) is 16.1. The minimum absolute atomic E-state index is 0.161. The van der Waals surface area contributed by atoms with Gasteiger partial charge in [-0.1, -0.05) is 153 Å². The predicted octanol–water partition coefficient (Wildman–Crippen LogP) is 13.6. The van der Waals surface area contributed by atoms with Crippen molar-refractivity contribution in [3.05, 3.63) is 199 Å². The molecule has 1 heteroatoms. The van der Waals surface area contributed by atoms with E-state index in [2.05, 4.69) is 207 Å². The molecule has 0 atom stereocenters. The molecule has 1 nitrogen and oxygen atoms in total. The van der Waals surface area contributed by atoms with Crippen molar-refractivity contribution in [1.82, 2.24) is 0 Å². The van der Waals surface area contributed by atoms with E-state index in [1.54, 1.807) is 0 Å². The van der Waals surface area contributed by atoms with Crippen LogP contribution in [-0.4, -0.2) is 0 Å². The molecule has 8 aromatic rings. The topological polar surface area (TPSA) is 3.24 Å². The monoisotopic (exact) mass is 639 g/mol. The highest BCUT2D eigenvalue weighted by atomic mass is 15.1. The molecule has 0 fully saturated rings. The molecule has 0 amide bonds. The van der Waals surface area contributed by atoms with Crippen LogP contribution in [0.4, 0.5) is 17.1 Å². The molecule has 0 spiro atoms. The van der Waals surface area contributed by atoms with E-state index in [0.717, 1.165) is 17.1 Å². The Morgan fingerprint density at radius 1 is 0.360 bits per heavy atom. The minimum atomic E-state index is -0.161. The van der Waals surface area contributed by atoms with Gasteiger partial charge >= 0.3 is 0 Å². The zero-order valence-electron chi connectivity index (χ0n) is 28.3. The van der Waals surface area contributed by atoms with Gasteiger partial charge in [0.15, 0.2) is 0 Å². The van der Waals surface area contributed by atoms with E-state index in [4.69, 9.17) is 0 Å². The van der Waals surface area contributed by atoms with Gasteiger partial charge in [0.25, 0.3) is 0 Å². The quantitative estimate of drug-likeness (QED) is 0.175. The summed E-state index contributed by atoms with van der Waals surface area (Å²) >= 11 is 0. The summed E-state index contributed by atoms with van der Waals surface area (Å²) in [4.78, 5) is 2.39. The summed E-state index contributed by atoms with van der Waals surface area (Å²) in [6.07, 6.45) is 0. The fraction of sp³-hybridized carbons (Fsp3) is 0.0612. The van der Waals surface area contributed by atoms with Gasteiger partial charge in [-0.2, -0.15) is 0 Å². The van der Waals surface area contributed by atoms with E-state index in [0.29, 0.717) is 0 Å². The highest BCUT2D eigenvalue weighted by Gasteiger charge is 2.38. The molecule has 0 heterocycles. The third-order valence-corrected chi connectivity index (χ3v) is 10.4. The third kappa shape index (κ3) is 5.02. The van der Waals surface area contributed by atoms with Crippen molar-refractivity contribution in [2.75, 3.05) is 4.90 Å². The maximum atomic E-state index is 2.42. The first-order valence-corrected chi connectivity index (χ1v) is 17.4. The van der Waals surface area contributed by atoms with Crippen LogP contribution in [0.2, 0.25) is 0 Å². The molecule has 0 unspecified atom stereocenters. The van der Waals surface area contributed by atoms with Crippen LogP contribution >= 0.6 is 0 Å². The summed E-state index contributed by atoms with van der Waals surface area (Å²) in [6.45, 7) is 4.76. The zero-order valence-corrected chi connectivity index (χ0v) is 28.3. The highest BCUT2D eigenvalue weighted by molar-refractivity contribution is 6.00. The first-order chi connectivity index (χ1) is 24.6. The normalized spacial score (nSPS) is 12.8. The Hall–Kier alpha value is -6.18. The largest absolute Gasteiger partial charge is 0.310 e. The number of fused-ring (bicyclic) bond motifs is 4. The number of hydrogen-bond acceptors (Lipinski definition) is 1. The van der Waals surface area contributed by atoms with Gasteiger partial charge < -0.3 is 4.90 Å². The average Bonchev–Trinajstić information content (AvgIpc) is 3.41. The van der Waals surface area contributed by atoms with Gasteiger partial charge in [0.1, 0.15) is 0 Å². The molecule has 9 rings (SSSR count). The van der Waals surface area contributed by atoms with Crippen molar-refractivity contribution in [3.63, 3.8) is 0 Å². The van der Waals surface area contributed by atoms with Crippen LogP contribution in [0.15, 0.2) is 188 Å². The highest BCUT2D eigenvalue weighted by Crippen LogP contribution is 2.53. The third-order valence-electron chi connectivity index (χ3n) is 10.4. The van der Waals surface area contributed by atoms with Gasteiger partial charge in [-0.3, -0.25) is 0 Å². The molecule has 0 aromatic heterocycles. The van der Waals surface area contributed by atoms with E-state index < -0.39 is 0 Å². The second kappa shape index (κ2) is 12.1. The Balaban J connectivity index is 1.13. The minimum Gasteiger partial charge on any atom is -0.310 e. The lowest BCUT2D eigenvalue weighted by Gasteiger charge is -2.29. The van der Waals surface area contributed by atoms with E-state index in [1.807, 2.05) is 0 Å². The standard InChI is InChI=1S/C49H37N/c1-49(2)47-33-41(29-30-44(47)45-24-14-23-43(48(45)49)35-15-6-3-7-16-35)50(39-20-10-5-11-21-39)40-27-25-34(26-28-40)38-31-37-19-12-13-22-42(37)46(32-38)36-17-8-4-9-18-36/h3-33H,1-2H3. The predicted molar refractivity (Wildman–Crippen MR) is 213 cm³/mol. The van der Waals surface area contributed by atoms with Crippen molar-refractivity contribution in [2.45, 2.75) is 19.3 Å². The van der Waals surface area contributed by atoms with Gasteiger partial charge in [0.05, 0.1) is 0 Å². The van der Waals surface area contributed by atoms with Crippen molar-refractivity contribution in [1.29, 1.82) is 0 Å². The Morgan fingerprint density at radius 2 is 0.940 bits per heavy atom. The Morgan fingerprint density at radius 3 is 1.66 bits per heavy atom. The second-order valence-electron chi connectivity index (χ2n) is 13.8. The van der Waals surface area contributed by atoms with Gasteiger partial charge in [0, 0.05) is 22.5 Å². The number of rotatable bonds is 6. The van der Waals surface area contributed by atoms with Crippen LogP contribution in [0.3, 0.4) is 0 Å². The number of para-hydroxylation sites is 1. The number of benzene rings is 8. The van der Waals surface area contributed by atoms with Crippen molar-refractivity contribution >= 4 is 27.8 Å². The lowest BCUT2D eigenvalue weighted by atomic mass is 9.78. The molecule has 0 radical (unpaired) electrons. The molecule has 8 aromatic carbocycles. The lowest BCUT2D eigenvalue weighted by molar-refractivity contribution is 0.662. The maximum Gasteiger partial charge on any atom is 0.0465 e. The van der Waals surface area contributed by atoms with Crippen molar-refractivity contribution < 1.29 is 0 Å². The van der Waals surface area contributed by atoms with Crippen molar-refractivity contribution in [2.24, 2.45) is 0 Å². The van der Waals surface area contributed by atoms with E-state index in [-0.39, 0.29) is 5.41 Å². The van der Waals surface area contributed by atoms with E-state index in [1.165, 1.54) is 66.4 Å². The summed E-state index contributed by atoms with van der Waals surface area (Å²) in [5, 5.41) is 2.52. The van der Waals surface area contributed by atoms with Crippen LogP contribution in [0.1, 0.15) is 25.0 Å².